The molecule has 0 spiro atoms. The Labute approximate surface area is 90.4 Å². The van der Waals surface area contributed by atoms with Crippen LogP contribution >= 0.6 is 11.6 Å². The predicted molar refractivity (Wildman–Crippen MR) is 62.4 cm³/mol. The molecule has 0 fully saturated rings. The molecule has 0 saturated carbocycles. The van der Waals surface area contributed by atoms with E-state index in [2.05, 4.69) is 19.2 Å². The van der Waals surface area contributed by atoms with E-state index in [0.717, 1.165) is 29.4 Å². The van der Waals surface area contributed by atoms with Gasteiger partial charge in [0.25, 0.3) is 0 Å². The summed E-state index contributed by atoms with van der Waals surface area (Å²) in [5.74, 6) is 0.638. The van der Waals surface area contributed by atoms with Crippen molar-refractivity contribution in [3.63, 3.8) is 0 Å². The molecule has 3 N–H and O–H groups in total. The third-order valence-corrected chi connectivity index (χ3v) is 2.36. The van der Waals surface area contributed by atoms with Gasteiger partial charge in [-0.1, -0.05) is 31.5 Å². The minimum Gasteiger partial charge on any atom is -0.398 e. The van der Waals surface area contributed by atoms with Gasteiger partial charge in [0.15, 0.2) is 0 Å². The van der Waals surface area contributed by atoms with E-state index in [1.807, 2.05) is 18.2 Å². The molecule has 1 aromatic rings. The zero-order valence-electron chi connectivity index (χ0n) is 8.68. The first-order valence-electron chi connectivity index (χ1n) is 4.85. The summed E-state index contributed by atoms with van der Waals surface area (Å²) in [4.78, 5) is 0. The Bertz CT molecular complexity index is 277. The van der Waals surface area contributed by atoms with Gasteiger partial charge in [-0.25, -0.2) is 0 Å². The number of nitrogen functional groups attached to an aromatic ring is 1. The lowest BCUT2D eigenvalue weighted by Gasteiger charge is -2.10. The number of anilines is 1. The Kier molecular flexibility index (Phi) is 4.23. The second kappa shape index (κ2) is 5.23. The summed E-state index contributed by atoms with van der Waals surface area (Å²) in [7, 11) is 0. The molecule has 0 bridgehead atoms. The molecule has 1 aromatic carbocycles. The maximum atomic E-state index is 6.02. The van der Waals surface area contributed by atoms with Crippen molar-refractivity contribution in [1.29, 1.82) is 0 Å². The first-order chi connectivity index (χ1) is 6.61. The predicted octanol–water partition coefficient (Wildman–Crippen LogP) is 2.67. The van der Waals surface area contributed by atoms with Crippen LogP contribution in [0.25, 0.3) is 0 Å². The van der Waals surface area contributed by atoms with Crippen molar-refractivity contribution in [2.24, 2.45) is 5.92 Å². The zero-order valence-corrected chi connectivity index (χ0v) is 9.43. The van der Waals surface area contributed by atoms with Gasteiger partial charge in [0.05, 0.1) is 0 Å². The Morgan fingerprint density at radius 2 is 2.14 bits per heavy atom. The molecule has 14 heavy (non-hydrogen) atoms. The average Bonchev–Trinajstić information content (AvgIpc) is 2.09. The van der Waals surface area contributed by atoms with Gasteiger partial charge in [0, 0.05) is 22.8 Å². The highest BCUT2D eigenvalue weighted by molar-refractivity contribution is 6.31. The number of nitrogens with one attached hydrogen (secondary N) is 1. The summed E-state index contributed by atoms with van der Waals surface area (Å²) in [6.45, 7) is 6.06. The molecule has 0 heterocycles. The van der Waals surface area contributed by atoms with Crippen LogP contribution in [0.15, 0.2) is 18.2 Å². The minimum atomic E-state index is 0.638. The van der Waals surface area contributed by atoms with Gasteiger partial charge >= 0.3 is 0 Å². The number of hydrogen-bond donors (Lipinski definition) is 2. The van der Waals surface area contributed by atoms with Crippen LogP contribution in [-0.2, 0) is 6.54 Å². The van der Waals surface area contributed by atoms with Crippen molar-refractivity contribution in [1.82, 2.24) is 5.32 Å². The van der Waals surface area contributed by atoms with Gasteiger partial charge in [-0.2, -0.15) is 0 Å². The molecule has 1 rings (SSSR count). The number of hydrogen-bond acceptors (Lipinski definition) is 2. The van der Waals surface area contributed by atoms with Gasteiger partial charge in [-0.3, -0.25) is 0 Å². The Morgan fingerprint density at radius 3 is 2.71 bits per heavy atom. The fourth-order valence-electron chi connectivity index (χ4n) is 1.25. The summed E-state index contributed by atoms with van der Waals surface area (Å²) in [5, 5.41) is 4.06. The molecular weight excluding hydrogens is 196 g/mol. The van der Waals surface area contributed by atoms with Crippen LogP contribution < -0.4 is 11.1 Å². The topological polar surface area (TPSA) is 38.0 Å². The van der Waals surface area contributed by atoms with Crippen molar-refractivity contribution < 1.29 is 0 Å². The monoisotopic (exact) mass is 212 g/mol. The SMILES string of the molecule is CC(C)CNCc1c(N)cccc1Cl. The standard InChI is InChI=1S/C11H17ClN2/c1-8(2)6-14-7-9-10(12)4-3-5-11(9)13/h3-5,8,14H,6-7,13H2,1-2H3. The first kappa shape index (κ1) is 11.3. The summed E-state index contributed by atoms with van der Waals surface area (Å²) in [6.07, 6.45) is 0. The van der Waals surface area contributed by atoms with Crippen LogP contribution in [0.2, 0.25) is 5.02 Å². The van der Waals surface area contributed by atoms with E-state index in [9.17, 15) is 0 Å². The number of nitrogens with two attached hydrogens (primary N) is 1. The lowest BCUT2D eigenvalue weighted by atomic mass is 10.1. The van der Waals surface area contributed by atoms with E-state index in [4.69, 9.17) is 17.3 Å². The molecule has 0 atom stereocenters. The van der Waals surface area contributed by atoms with E-state index < -0.39 is 0 Å². The molecule has 0 amide bonds. The molecule has 2 nitrogen and oxygen atoms in total. The summed E-state index contributed by atoms with van der Waals surface area (Å²) < 4.78 is 0. The number of benzene rings is 1. The Morgan fingerprint density at radius 1 is 1.43 bits per heavy atom. The molecule has 0 radical (unpaired) electrons. The van der Waals surface area contributed by atoms with Gasteiger partial charge in [0.1, 0.15) is 0 Å². The lowest BCUT2D eigenvalue weighted by Crippen LogP contribution is -2.19. The molecule has 3 heteroatoms. The fraction of sp³-hybridized carbons (Fsp3) is 0.455. The quantitative estimate of drug-likeness (QED) is 0.754. The van der Waals surface area contributed by atoms with Crippen molar-refractivity contribution >= 4 is 17.3 Å². The van der Waals surface area contributed by atoms with Crippen molar-refractivity contribution in [3.8, 4) is 0 Å². The highest BCUT2D eigenvalue weighted by Gasteiger charge is 2.03. The number of halogens is 1. The minimum absolute atomic E-state index is 0.638. The fourth-order valence-corrected chi connectivity index (χ4v) is 1.50. The van der Waals surface area contributed by atoms with Crippen LogP contribution in [0.5, 0.6) is 0 Å². The normalized spacial score (nSPS) is 10.9. The average molecular weight is 213 g/mol. The summed E-state index contributed by atoms with van der Waals surface area (Å²) in [5.41, 5.74) is 7.57. The third-order valence-electron chi connectivity index (χ3n) is 2.01. The Balaban J connectivity index is 2.58. The smallest absolute Gasteiger partial charge is 0.0471 e. The second-order valence-electron chi connectivity index (χ2n) is 3.83. The van der Waals surface area contributed by atoms with E-state index >= 15 is 0 Å². The maximum Gasteiger partial charge on any atom is 0.0471 e. The van der Waals surface area contributed by atoms with Gasteiger partial charge < -0.3 is 11.1 Å². The maximum absolute atomic E-state index is 6.02. The van der Waals surface area contributed by atoms with Crippen LogP contribution in [0, 0.1) is 5.92 Å². The molecule has 0 aliphatic heterocycles. The Hall–Kier alpha value is -0.730. The molecule has 0 aliphatic rings. The number of rotatable bonds is 4. The summed E-state index contributed by atoms with van der Waals surface area (Å²) in [6, 6.07) is 5.60. The highest BCUT2D eigenvalue weighted by Crippen LogP contribution is 2.21. The van der Waals surface area contributed by atoms with E-state index in [1.54, 1.807) is 0 Å². The van der Waals surface area contributed by atoms with E-state index in [1.165, 1.54) is 0 Å². The lowest BCUT2D eigenvalue weighted by molar-refractivity contribution is 0.553. The van der Waals surface area contributed by atoms with Crippen molar-refractivity contribution in [3.05, 3.63) is 28.8 Å². The molecular formula is C11H17ClN2. The van der Waals surface area contributed by atoms with Crippen LogP contribution in [-0.4, -0.2) is 6.54 Å². The third kappa shape index (κ3) is 3.20. The van der Waals surface area contributed by atoms with E-state index in [0.29, 0.717) is 5.92 Å². The van der Waals surface area contributed by atoms with Gasteiger partial charge in [-0.05, 0) is 24.6 Å². The first-order valence-corrected chi connectivity index (χ1v) is 5.22. The molecule has 0 aromatic heterocycles. The van der Waals surface area contributed by atoms with Crippen LogP contribution in [0.4, 0.5) is 5.69 Å². The van der Waals surface area contributed by atoms with Crippen LogP contribution in [0.3, 0.4) is 0 Å². The second-order valence-corrected chi connectivity index (χ2v) is 4.24. The largest absolute Gasteiger partial charge is 0.398 e. The van der Waals surface area contributed by atoms with Crippen molar-refractivity contribution in [2.75, 3.05) is 12.3 Å². The van der Waals surface area contributed by atoms with Gasteiger partial charge in [-0.15, -0.1) is 0 Å². The molecule has 78 valence electrons. The van der Waals surface area contributed by atoms with Crippen LogP contribution in [0.1, 0.15) is 19.4 Å². The summed E-state index contributed by atoms with van der Waals surface area (Å²) >= 11 is 6.02. The highest BCUT2D eigenvalue weighted by atomic mass is 35.5. The molecule has 0 saturated heterocycles. The molecule has 0 unspecified atom stereocenters. The van der Waals surface area contributed by atoms with Crippen molar-refractivity contribution in [2.45, 2.75) is 20.4 Å². The molecule has 0 aliphatic carbocycles. The van der Waals surface area contributed by atoms with Gasteiger partial charge in [0.2, 0.25) is 0 Å². The van der Waals surface area contributed by atoms with E-state index in [-0.39, 0.29) is 0 Å². The zero-order chi connectivity index (χ0) is 10.6.